The van der Waals surface area contributed by atoms with Crippen LogP contribution in [0.4, 0.5) is 0 Å². The van der Waals surface area contributed by atoms with Crippen molar-refractivity contribution in [3.05, 3.63) is 0 Å². The number of hydrogen-bond acceptors (Lipinski definition) is 5. The maximum Gasteiger partial charge on any atom is 0.319 e. The minimum atomic E-state index is -3.21. The molecule has 2 saturated heterocycles. The number of carbonyl (C=O) groups is 2. The van der Waals surface area contributed by atoms with E-state index in [-0.39, 0.29) is 37.6 Å². The summed E-state index contributed by atoms with van der Waals surface area (Å²) < 4.78 is 27.9. The second kappa shape index (κ2) is 4.06. The highest BCUT2D eigenvalue weighted by molar-refractivity contribution is 7.91. The lowest BCUT2D eigenvalue weighted by Gasteiger charge is -2.35. The summed E-state index contributed by atoms with van der Waals surface area (Å²) in [6.07, 6.45) is 0.270. The van der Waals surface area contributed by atoms with E-state index >= 15 is 0 Å². The number of carboxylic acid groups (broad SMARTS) is 1. The van der Waals surface area contributed by atoms with E-state index in [1.165, 1.54) is 0 Å². The second-order valence-corrected chi connectivity index (χ2v) is 6.83. The molecule has 2 fully saturated rings. The molecule has 7 heteroatoms. The van der Waals surface area contributed by atoms with E-state index in [1.54, 1.807) is 0 Å². The smallest absolute Gasteiger partial charge is 0.319 e. The number of sulfone groups is 1. The van der Waals surface area contributed by atoms with Gasteiger partial charge in [0, 0.05) is 6.42 Å². The highest BCUT2D eigenvalue weighted by atomic mass is 32.2. The van der Waals surface area contributed by atoms with Gasteiger partial charge in [-0.3, -0.25) is 9.59 Å². The Labute approximate surface area is 98.9 Å². The zero-order valence-corrected chi connectivity index (χ0v) is 10.0. The van der Waals surface area contributed by atoms with Gasteiger partial charge in [0.25, 0.3) is 0 Å². The fourth-order valence-corrected chi connectivity index (χ4v) is 4.46. The zero-order chi connectivity index (χ0) is 12.7. The SMILES string of the molecule is O=C(O)C1(C2CCS(=O)(=O)C2)COCCC1=O. The first kappa shape index (κ1) is 12.5. The predicted octanol–water partition coefficient (Wildman–Crippen LogP) is -0.519. The number of hydrogen-bond donors (Lipinski definition) is 1. The van der Waals surface area contributed by atoms with Crippen LogP contribution in [-0.4, -0.2) is 50.0 Å². The minimum absolute atomic E-state index is 0.0417. The number of carbonyl (C=O) groups excluding carboxylic acids is 1. The van der Waals surface area contributed by atoms with Gasteiger partial charge >= 0.3 is 5.97 Å². The van der Waals surface area contributed by atoms with Crippen molar-refractivity contribution < 1.29 is 27.9 Å². The highest BCUT2D eigenvalue weighted by Crippen LogP contribution is 2.40. The lowest BCUT2D eigenvalue weighted by atomic mass is 9.70. The molecular formula is C10H14O6S. The van der Waals surface area contributed by atoms with Gasteiger partial charge in [-0.15, -0.1) is 0 Å². The molecule has 2 rings (SSSR count). The molecule has 17 heavy (non-hydrogen) atoms. The standard InChI is InChI=1S/C10H14O6S/c11-8-1-3-16-6-10(8,9(12)13)7-2-4-17(14,15)5-7/h7H,1-6H2,(H,12,13). The van der Waals surface area contributed by atoms with Crippen molar-refractivity contribution in [2.24, 2.45) is 11.3 Å². The molecule has 0 amide bonds. The van der Waals surface area contributed by atoms with Crippen molar-refractivity contribution in [2.45, 2.75) is 12.8 Å². The molecule has 2 aliphatic heterocycles. The average molecular weight is 262 g/mol. The molecule has 2 unspecified atom stereocenters. The Morgan fingerprint density at radius 3 is 2.65 bits per heavy atom. The normalized spacial score (nSPS) is 36.9. The van der Waals surface area contributed by atoms with E-state index in [0.717, 1.165) is 0 Å². The molecule has 0 aromatic heterocycles. The van der Waals surface area contributed by atoms with E-state index in [2.05, 4.69) is 0 Å². The van der Waals surface area contributed by atoms with Gasteiger partial charge in [-0.25, -0.2) is 8.42 Å². The molecule has 96 valence electrons. The highest BCUT2D eigenvalue weighted by Gasteiger charge is 2.56. The van der Waals surface area contributed by atoms with Gasteiger partial charge in [0.2, 0.25) is 0 Å². The lowest BCUT2D eigenvalue weighted by Crippen LogP contribution is -2.52. The van der Waals surface area contributed by atoms with Gasteiger partial charge in [0.05, 0.1) is 24.7 Å². The van der Waals surface area contributed by atoms with Gasteiger partial charge in [-0.05, 0) is 12.3 Å². The van der Waals surface area contributed by atoms with Crippen LogP contribution < -0.4 is 0 Å². The molecule has 0 aliphatic carbocycles. The van der Waals surface area contributed by atoms with E-state index in [1.807, 2.05) is 0 Å². The Morgan fingerprint density at radius 2 is 2.18 bits per heavy atom. The topological polar surface area (TPSA) is 97.7 Å². The van der Waals surface area contributed by atoms with Gasteiger partial charge in [0.15, 0.2) is 21.0 Å². The average Bonchev–Trinajstić information content (AvgIpc) is 2.59. The van der Waals surface area contributed by atoms with Crippen LogP contribution in [0.1, 0.15) is 12.8 Å². The largest absolute Gasteiger partial charge is 0.480 e. The molecule has 0 spiro atoms. The number of rotatable bonds is 2. The van der Waals surface area contributed by atoms with E-state index < -0.39 is 32.9 Å². The van der Waals surface area contributed by atoms with E-state index in [4.69, 9.17) is 4.74 Å². The summed E-state index contributed by atoms with van der Waals surface area (Å²) in [5.41, 5.74) is -1.65. The van der Waals surface area contributed by atoms with Crippen LogP contribution in [0.25, 0.3) is 0 Å². The number of ketones is 1. The van der Waals surface area contributed by atoms with Crippen LogP contribution in [0.5, 0.6) is 0 Å². The Bertz CT molecular complexity index is 453. The fraction of sp³-hybridized carbons (Fsp3) is 0.800. The van der Waals surface area contributed by atoms with Crippen molar-refractivity contribution in [1.29, 1.82) is 0 Å². The lowest BCUT2D eigenvalue weighted by molar-refractivity contribution is -0.169. The van der Waals surface area contributed by atoms with Crippen LogP contribution in [-0.2, 0) is 24.2 Å². The number of ether oxygens (including phenoxy) is 1. The number of aliphatic carboxylic acids is 1. The summed E-state index contributed by atoms with van der Waals surface area (Å²) in [7, 11) is -3.21. The molecular weight excluding hydrogens is 248 g/mol. The quantitative estimate of drug-likeness (QED) is 0.672. The third kappa shape index (κ3) is 1.97. The molecule has 2 heterocycles. The minimum Gasteiger partial charge on any atom is -0.480 e. The van der Waals surface area contributed by atoms with Gasteiger partial charge < -0.3 is 9.84 Å². The van der Waals surface area contributed by atoms with Gasteiger partial charge in [-0.1, -0.05) is 0 Å². The van der Waals surface area contributed by atoms with Gasteiger partial charge in [0.1, 0.15) is 0 Å². The first-order valence-electron chi connectivity index (χ1n) is 5.43. The molecule has 1 N–H and O–H groups in total. The van der Waals surface area contributed by atoms with E-state index in [0.29, 0.717) is 0 Å². The molecule has 0 aromatic carbocycles. The monoisotopic (exact) mass is 262 g/mol. The van der Waals surface area contributed by atoms with Crippen LogP contribution >= 0.6 is 0 Å². The summed E-state index contributed by atoms with van der Waals surface area (Å²) in [6.45, 7) is 0.00862. The Kier molecular flexibility index (Phi) is 2.99. The van der Waals surface area contributed by atoms with Crippen LogP contribution in [0, 0.1) is 11.3 Å². The maximum absolute atomic E-state index is 11.9. The molecule has 0 radical (unpaired) electrons. The number of Topliss-reactive ketones (excluding diaryl/α,β-unsaturated/α-hetero) is 1. The summed E-state index contributed by atoms with van der Waals surface area (Å²) >= 11 is 0. The maximum atomic E-state index is 11.9. The summed E-state index contributed by atoms with van der Waals surface area (Å²) in [4.78, 5) is 23.3. The molecule has 0 bridgehead atoms. The summed E-state index contributed by atoms with van der Waals surface area (Å²) in [5.74, 6) is -2.59. The Morgan fingerprint density at radius 1 is 1.47 bits per heavy atom. The first-order valence-corrected chi connectivity index (χ1v) is 7.25. The fourth-order valence-electron chi connectivity index (χ4n) is 2.59. The second-order valence-electron chi connectivity index (χ2n) is 4.60. The Balaban J connectivity index is 2.35. The van der Waals surface area contributed by atoms with E-state index in [9.17, 15) is 23.1 Å². The third-order valence-corrected chi connectivity index (χ3v) is 5.38. The van der Waals surface area contributed by atoms with Crippen molar-refractivity contribution in [1.82, 2.24) is 0 Å². The molecule has 2 aliphatic rings. The first-order chi connectivity index (χ1) is 7.88. The van der Waals surface area contributed by atoms with Crippen LogP contribution in [0.15, 0.2) is 0 Å². The van der Waals surface area contributed by atoms with Crippen LogP contribution in [0.3, 0.4) is 0 Å². The number of carboxylic acids is 1. The van der Waals surface area contributed by atoms with Crippen molar-refractivity contribution in [3.63, 3.8) is 0 Å². The van der Waals surface area contributed by atoms with Gasteiger partial charge in [-0.2, -0.15) is 0 Å². The Hall–Kier alpha value is -0.950. The van der Waals surface area contributed by atoms with Crippen LogP contribution in [0.2, 0.25) is 0 Å². The molecule has 0 saturated carbocycles. The molecule has 6 nitrogen and oxygen atoms in total. The van der Waals surface area contributed by atoms with Crippen molar-refractivity contribution in [2.75, 3.05) is 24.7 Å². The molecule has 0 aromatic rings. The zero-order valence-electron chi connectivity index (χ0n) is 9.22. The van der Waals surface area contributed by atoms with Crippen molar-refractivity contribution >= 4 is 21.6 Å². The third-order valence-electron chi connectivity index (χ3n) is 3.61. The van der Waals surface area contributed by atoms with Crippen molar-refractivity contribution in [3.8, 4) is 0 Å². The summed E-state index contributed by atoms with van der Waals surface area (Å²) in [6, 6.07) is 0. The molecule has 2 atom stereocenters. The summed E-state index contributed by atoms with van der Waals surface area (Å²) in [5, 5.41) is 9.29. The predicted molar refractivity (Wildman–Crippen MR) is 57.3 cm³/mol.